The molecule has 1 atom stereocenters. The molecule has 26 heavy (non-hydrogen) atoms. The number of hydrogen-bond donors (Lipinski definition) is 1. The highest BCUT2D eigenvalue weighted by Gasteiger charge is 2.40. The maximum atomic E-state index is 12.9. The Morgan fingerprint density at radius 1 is 1.23 bits per heavy atom. The van der Waals surface area contributed by atoms with Gasteiger partial charge in [0.1, 0.15) is 6.04 Å². The third-order valence-electron chi connectivity index (χ3n) is 4.37. The van der Waals surface area contributed by atoms with E-state index in [9.17, 15) is 9.59 Å². The van der Waals surface area contributed by atoms with Crippen molar-refractivity contribution < 1.29 is 14.3 Å². The van der Waals surface area contributed by atoms with Gasteiger partial charge >= 0.3 is 0 Å². The van der Waals surface area contributed by atoms with Gasteiger partial charge in [-0.1, -0.05) is 46.3 Å². The van der Waals surface area contributed by atoms with Crippen LogP contribution in [0.1, 0.15) is 33.9 Å². The minimum atomic E-state index is -0.611. The summed E-state index contributed by atoms with van der Waals surface area (Å²) in [5.41, 5.74) is 2.33. The molecule has 1 heterocycles. The van der Waals surface area contributed by atoms with Gasteiger partial charge in [-0.15, -0.1) is 0 Å². The molecule has 0 saturated heterocycles. The maximum absolute atomic E-state index is 12.9. The first-order valence-corrected chi connectivity index (χ1v) is 9.32. The summed E-state index contributed by atoms with van der Waals surface area (Å²) in [6.07, 6.45) is 0.732. The predicted molar refractivity (Wildman–Crippen MR) is 103 cm³/mol. The van der Waals surface area contributed by atoms with Gasteiger partial charge in [0.15, 0.2) is 0 Å². The van der Waals surface area contributed by atoms with Crippen molar-refractivity contribution in [3.8, 4) is 0 Å². The lowest BCUT2D eigenvalue weighted by Gasteiger charge is -2.25. The zero-order chi connectivity index (χ0) is 18.5. The molecule has 2 amide bonds. The normalized spacial score (nSPS) is 15.8. The van der Waals surface area contributed by atoms with Gasteiger partial charge in [-0.2, -0.15) is 0 Å². The number of ether oxygens (including phenoxy) is 1. The molecule has 0 saturated carbocycles. The van der Waals surface area contributed by atoms with Crippen molar-refractivity contribution in [2.75, 3.05) is 20.3 Å². The molecule has 1 aliphatic heterocycles. The average molecular weight is 417 g/mol. The van der Waals surface area contributed by atoms with Crippen molar-refractivity contribution in [1.82, 2.24) is 10.2 Å². The Morgan fingerprint density at radius 3 is 2.81 bits per heavy atom. The minimum absolute atomic E-state index is 0.113. The highest BCUT2D eigenvalue weighted by Crippen LogP contribution is 2.35. The van der Waals surface area contributed by atoms with Gasteiger partial charge in [0.25, 0.3) is 5.91 Å². The van der Waals surface area contributed by atoms with Crippen LogP contribution in [0.5, 0.6) is 0 Å². The number of benzene rings is 2. The summed E-state index contributed by atoms with van der Waals surface area (Å²) in [5, 5.41) is 2.93. The SMILES string of the molecule is COCCCNC(=O)[C@@H]1c2ccccc2C(=O)N1Cc1cccc(Br)c1. The van der Waals surface area contributed by atoms with Crippen LogP contribution in [-0.2, 0) is 16.1 Å². The number of rotatable bonds is 7. The van der Waals surface area contributed by atoms with Crippen molar-refractivity contribution in [3.63, 3.8) is 0 Å². The zero-order valence-corrected chi connectivity index (χ0v) is 16.2. The molecule has 3 rings (SSSR count). The second-order valence-corrected chi connectivity index (χ2v) is 7.11. The highest BCUT2D eigenvalue weighted by molar-refractivity contribution is 9.10. The Hall–Kier alpha value is -2.18. The summed E-state index contributed by atoms with van der Waals surface area (Å²) in [5.74, 6) is -0.271. The standard InChI is InChI=1S/C20H21BrN2O3/c1-26-11-5-10-22-19(24)18-16-8-2-3-9-17(16)20(25)23(18)13-14-6-4-7-15(21)12-14/h2-4,6-9,12,18H,5,10-11,13H2,1H3,(H,22,24)/t18-/m0/s1. The largest absolute Gasteiger partial charge is 0.385 e. The second kappa shape index (κ2) is 8.47. The van der Waals surface area contributed by atoms with Crippen molar-refractivity contribution in [1.29, 1.82) is 0 Å². The third-order valence-corrected chi connectivity index (χ3v) is 4.87. The molecule has 1 N–H and O–H groups in total. The molecule has 136 valence electrons. The van der Waals surface area contributed by atoms with E-state index in [0.717, 1.165) is 22.0 Å². The van der Waals surface area contributed by atoms with Gasteiger partial charge in [-0.3, -0.25) is 9.59 Å². The zero-order valence-electron chi connectivity index (χ0n) is 14.6. The van der Waals surface area contributed by atoms with Crippen LogP contribution >= 0.6 is 15.9 Å². The summed E-state index contributed by atoms with van der Waals surface area (Å²) in [7, 11) is 1.63. The van der Waals surface area contributed by atoms with Crippen molar-refractivity contribution in [3.05, 3.63) is 69.7 Å². The molecule has 1 aliphatic rings. The van der Waals surface area contributed by atoms with Crippen LogP contribution < -0.4 is 5.32 Å². The van der Waals surface area contributed by atoms with Crippen LogP contribution in [0, 0.1) is 0 Å². The van der Waals surface area contributed by atoms with Crippen LogP contribution in [0.3, 0.4) is 0 Å². The number of halogens is 1. The first-order chi connectivity index (χ1) is 12.6. The van der Waals surface area contributed by atoms with E-state index in [2.05, 4.69) is 21.2 Å². The Balaban J connectivity index is 1.84. The van der Waals surface area contributed by atoms with Crippen LogP contribution in [0.25, 0.3) is 0 Å². The third kappa shape index (κ3) is 3.97. The van der Waals surface area contributed by atoms with Crippen LogP contribution in [-0.4, -0.2) is 37.0 Å². The quantitative estimate of drug-likeness (QED) is 0.704. The Bertz CT molecular complexity index is 809. The molecule has 0 radical (unpaired) electrons. The maximum Gasteiger partial charge on any atom is 0.255 e. The Kier molecular flexibility index (Phi) is 6.06. The first kappa shape index (κ1) is 18.6. The lowest BCUT2D eigenvalue weighted by atomic mass is 10.0. The van der Waals surface area contributed by atoms with Crippen molar-refractivity contribution >= 4 is 27.7 Å². The molecule has 2 aromatic carbocycles. The molecular formula is C20H21BrN2O3. The van der Waals surface area contributed by atoms with Crippen LogP contribution in [0.15, 0.2) is 53.0 Å². The topological polar surface area (TPSA) is 58.6 Å². The highest BCUT2D eigenvalue weighted by atomic mass is 79.9. The molecule has 5 nitrogen and oxygen atoms in total. The van der Waals surface area contributed by atoms with Crippen LogP contribution in [0.4, 0.5) is 0 Å². The predicted octanol–water partition coefficient (Wildman–Crippen LogP) is 3.30. The number of hydrogen-bond acceptors (Lipinski definition) is 3. The summed E-state index contributed by atoms with van der Waals surface area (Å²) in [6.45, 7) is 1.48. The van der Waals surface area contributed by atoms with E-state index in [1.807, 2.05) is 42.5 Å². The Labute approximate surface area is 161 Å². The number of methoxy groups -OCH3 is 1. The lowest BCUT2D eigenvalue weighted by molar-refractivity contribution is -0.125. The van der Waals surface area contributed by atoms with Gasteiger partial charge in [0.05, 0.1) is 0 Å². The van der Waals surface area contributed by atoms with Crippen LogP contribution in [0.2, 0.25) is 0 Å². The van der Waals surface area contributed by atoms with Gasteiger partial charge in [-0.05, 0) is 35.7 Å². The van der Waals surface area contributed by atoms with E-state index in [1.165, 1.54) is 0 Å². The molecule has 0 aromatic heterocycles. The van der Waals surface area contributed by atoms with Crippen molar-refractivity contribution in [2.45, 2.75) is 19.0 Å². The molecule has 0 aliphatic carbocycles. The number of nitrogens with one attached hydrogen (secondary N) is 1. The van der Waals surface area contributed by atoms with E-state index in [1.54, 1.807) is 18.1 Å². The number of fused-ring (bicyclic) bond motifs is 1. The first-order valence-electron chi connectivity index (χ1n) is 8.53. The van der Waals surface area contributed by atoms with E-state index < -0.39 is 6.04 Å². The molecule has 0 unspecified atom stereocenters. The molecule has 0 bridgehead atoms. The molecule has 6 heteroatoms. The molecule has 0 spiro atoms. The monoisotopic (exact) mass is 416 g/mol. The van der Waals surface area contributed by atoms with E-state index >= 15 is 0 Å². The van der Waals surface area contributed by atoms with E-state index in [-0.39, 0.29) is 11.8 Å². The summed E-state index contributed by atoms with van der Waals surface area (Å²) < 4.78 is 5.96. The van der Waals surface area contributed by atoms with E-state index in [4.69, 9.17) is 4.74 Å². The van der Waals surface area contributed by atoms with Crippen molar-refractivity contribution in [2.24, 2.45) is 0 Å². The number of carbonyl (C=O) groups is 2. The van der Waals surface area contributed by atoms with E-state index in [0.29, 0.717) is 25.3 Å². The minimum Gasteiger partial charge on any atom is -0.385 e. The smallest absolute Gasteiger partial charge is 0.255 e. The van der Waals surface area contributed by atoms with Gasteiger partial charge in [0.2, 0.25) is 5.91 Å². The summed E-state index contributed by atoms with van der Waals surface area (Å²) in [4.78, 5) is 27.4. The van der Waals surface area contributed by atoms with Gasteiger partial charge < -0.3 is 15.0 Å². The second-order valence-electron chi connectivity index (χ2n) is 6.19. The average Bonchev–Trinajstić information content (AvgIpc) is 2.91. The Morgan fingerprint density at radius 2 is 2.04 bits per heavy atom. The summed E-state index contributed by atoms with van der Waals surface area (Å²) in [6, 6.07) is 14.5. The number of carbonyl (C=O) groups excluding carboxylic acids is 2. The number of amides is 2. The fourth-order valence-corrected chi connectivity index (χ4v) is 3.62. The number of nitrogens with zero attached hydrogens (tertiary/aromatic N) is 1. The lowest BCUT2D eigenvalue weighted by Crippen LogP contribution is -2.39. The summed E-state index contributed by atoms with van der Waals surface area (Å²) >= 11 is 3.45. The molecule has 0 fully saturated rings. The van der Waals surface area contributed by atoms with Gasteiger partial charge in [0, 0.05) is 36.8 Å². The molecule has 2 aromatic rings. The van der Waals surface area contributed by atoms with Gasteiger partial charge in [-0.25, -0.2) is 0 Å². The fourth-order valence-electron chi connectivity index (χ4n) is 3.17. The molecular weight excluding hydrogens is 396 g/mol. The fraction of sp³-hybridized carbons (Fsp3) is 0.300.